The molecule has 2 aromatic heterocycles. The fraction of sp³-hybridized carbons (Fsp3) is 0.158. The lowest BCUT2D eigenvalue weighted by atomic mass is 10.2. The predicted octanol–water partition coefficient (Wildman–Crippen LogP) is 4.75. The number of benzene rings is 2. The summed E-state index contributed by atoms with van der Waals surface area (Å²) in [6, 6.07) is 11.7. The zero-order valence-electron chi connectivity index (χ0n) is 14.1. The van der Waals surface area contributed by atoms with E-state index in [0.717, 1.165) is 23.0 Å². The van der Waals surface area contributed by atoms with E-state index >= 15 is 0 Å². The van der Waals surface area contributed by atoms with E-state index in [9.17, 15) is 8.78 Å². The van der Waals surface area contributed by atoms with Crippen LogP contribution in [0.25, 0.3) is 28.3 Å². The SMILES string of the molecule is CC(C)Oc1cc(F)c(-c2nc(-n3ccc4ccccc43)no2)c(F)c1. The summed E-state index contributed by atoms with van der Waals surface area (Å²) >= 11 is 0. The topological polar surface area (TPSA) is 53.1 Å². The first-order valence-electron chi connectivity index (χ1n) is 8.09. The van der Waals surface area contributed by atoms with Crippen LogP contribution >= 0.6 is 0 Å². The van der Waals surface area contributed by atoms with Crippen molar-refractivity contribution in [3.8, 4) is 23.2 Å². The molecule has 0 aliphatic carbocycles. The minimum Gasteiger partial charge on any atom is -0.491 e. The van der Waals surface area contributed by atoms with Crippen LogP contribution in [0.1, 0.15) is 13.8 Å². The Morgan fingerprint density at radius 1 is 1.08 bits per heavy atom. The number of nitrogens with zero attached hydrogens (tertiary/aromatic N) is 3. The molecular weight excluding hydrogens is 340 g/mol. The normalized spacial score (nSPS) is 11.4. The van der Waals surface area contributed by atoms with Gasteiger partial charge in [0, 0.05) is 23.7 Å². The summed E-state index contributed by atoms with van der Waals surface area (Å²) in [6.45, 7) is 3.55. The van der Waals surface area contributed by atoms with Gasteiger partial charge in [-0.2, -0.15) is 4.98 Å². The molecule has 4 aromatic rings. The lowest BCUT2D eigenvalue weighted by molar-refractivity contribution is 0.240. The van der Waals surface area contributed by atoms with Gasteiger partial charge in [-0.3, -0.25) is 4.57 Å². The summed E-state index contributed by atoms with van der Waals surface area (Å²) < 4.78 is 40.9. The lowest BCUT2D eigenvalue weighted by Gasteiger charge is -2.10. The van der Waals surface area contributed by atoms with Gasteiger partial charge in [-0.25, -0.2) is 8.78 Å². The van der Waals surface area contributed by atoms with E-state index in [1.165, 1.54) is 0 Å². The van der Waals surface area contributed by atoms with E-state index < -0.39 is 11.6 Å². The van der Waals surface area contributed by atoms with Crippen molar-refractivity contribution in [1.82, 2.24) is 14.7 Å². The van der Waals surface area contributed by atoms with E-state index in [1.54, 1.807) is 24.6 Å². The Bertz CT molecular complexity index is 1060. The quantitative estimate of drug-likeness (QED) is 0.530. The van der Waals surface area contributed by atoms with E-state index in [4.69, 9.17) is 9.26 Å². The number of hydrogen-bond acceptors (Lipinski definition) is 4. The zero-order chi connectivity index (χ0) is 18.3. The fourth-order valence-electron chi connectivity index (χ4n) is 2.77. The third-order valence-electron chi connectivity index (χ3n) is 3.83. The van der Waals surface area contributed by atoms with E-state index in [2.05, 4.69) is 10.1 Å². The average Bonchev–Trinajstić information content (AvgIpc) is 3.20. The minimum absolute atomic E-state index is 0.106. The first kappa shape index (κ1) is 16.3. The largest absolute Gasteiger partial charge is 0.491 e. The van der Waals surface area contributed by atoms with Crippen molar-refractivity contribution in [2.75, 3.05) is 0 Å². The Labute approximate surface area is 147 Å². The predicted molar refractivity (Wildman–Crippen MR) is 92.2 cm³/mol. The van der Waals surface area contributed by atoms with E-state index in [0.29, 0.717) is 0 Å². The molecule has 0 spiro atoms. The number of hydrogen-bond donors (Lipinski definition) is 0. The molecule has 7 heteroatoms. The molecule has 0 N–H and O–H groups in total. The van der Waals surface area contributed by atoms with Crippen LogP contribution in [0.4, 0.5) is 8.78 Å². The van der Waals surface area contributed by atoms with Gasteiger partial charge in [-0.05, 0) is 31.1 Å². The van der Waals surface area contributed by atoms with Crippen LogP contribution in [0, 0.1) is 11.6 Å². The fourth-order valence-corrected chi connectivity index (χ4v) is 2.77. The summed E-state index contributed by atoms with van der Waals surface area (Å²) in [7, 11) is 0. The molecule has 2 aromatic carbocycles. The molecule has 26 heavy (non-hydrogen) atoms. The Morgan fingerprint density at radius 3 is 2.54 bits per heavy atom. The van der Waals surface area contributed by atoms with Crippen molar-refractivity contribution >= 4 is 10.9 Å². The molecule has 0 aliphatic heterocycles. The van der Waals surface area contributed by atoms with Gasteiger partial charge in [-0.15, -0.1) is 0 Å². The Kier molecular flexibility index (Phi) is 3.91. The summed E-state index contributed by atoms with van der Waals surface area (Å²) in [5.41, 5.74) is 0.484. The number of fused-ring (bicyclic) bond motifs is 1. The summed E-state index contributed by atoms with van der Waals surface area (Å²) in [5.74, 6) is -1.58. The second-order valence-corrected chi connectivity index (χ2v) is 6.07. The first-order chi connectivity index (χ1) is 12.5. The van der Waals surface area contributed by atoms with Crippen molar-refractivity contribution in [3.05, 3.63) is 60.3 Å². The highest BCUT2D eigenvalue weighted by molar-refractivity contribution is 5.81. The van der Waals surface area contributed by atoms with Gasteiger partial charge in [0.05, 0.1) is 11.6 Å². The second kappa shape index (κ2) is 6.25. The van der Waals surface area contributed by atoms with E-state index in [-0.39, 0.29) is 29.3 Å². The average molecular weight is 355 g/mol. The van der Waals surface area contributed by atoms with Gasteiger partial charge in [0.15, 0.2) is 0 Å². The molecule has 0 saturated carbocycles. The van der Waals surface area contributed by atoms with Crippen LogP contribution in [0.5, 0.6) is 5.75 Å². The standard InChI is InChI=1S/C19H15F2N3O2/c1-11(2)25-13-9-14(20)17(15(21)10-13)18-22-19(23-26-18)24-8-7-12-5-3-4-6-16(12)24/h3-11H,1-2H3. The third-order valence-corrected chi connectivity index (χ3v) is 3.83. The Morgan fingerprint density at radius 2 is 1.81 bits per heavy atom. The molecule has 0 unspecified atom stereocenters. The molecule has 132 valence electrons. The van der Waals surface area contributed by atoms with Crippen LogP contribution in [0.2, 0.25) is 0 Å². The van der Waals surface area contributed by atoms with Crippen molar-refractivity contribution in [3.63, 3.8) is 0 Å². The van der Waals surface area contributed by atoms with Crippen molar-refractivity contribution in [2.24, 2.45) is 0 Å². The van der Waals surface area contributed by atoms with Crippen molar-refractivity contribution in [2.45, 2.75) is 20.0 Å². The smallest absolute Gasteiger partial charge is 0.275 e. The number of aromatic nitrogens is 3. The van der Waals surface area contributed by atoms with Gasteiger partial charge >= 0.3 is 0 Å². The number of halogens is 2. The second-order valence-electron chi connectivity index (χ2n) is 6.07. The highest BCUT2D eigenvalue weighted by Gasteiger charge is 2.21. The Balaban J connectivity index is 1.75. The van der Waals surface area contributed by atoms with Gasteiger partial charge in [-0.1, -0.05) is 18.2 Å². The minimum atomic E-state index is -0.826. The maximum atomic E-state index is 14.4. The van der Waals surface area contributed by atoms with E-state index in [1.807, 2.05) is 30.3 Å². The van der Waals surface area contributed by atoms with Crippen LogP contribution in [-0.2, 0) is 0 Å². The van der Waals surface area contributed by atoms with Crippen molar-refractivity contribution in [1.29, 1.82) is 0 Å². The highest BCUT2D eigenvalue weighted by Crippen LogP contribution is 2.30. The highest BCUT2D eigenvalue weighted by atomic mass is 19.1. The maximum Gasteiger partial charge on any atom is 0.275 e. The number of para-hydroxylation sites is 1. The maximum absolute atomic E-state index is 14.4. The van der Waals surface area contributed by atoms with Gasteiger partial charge in [0.1, 0.15) is 22.9 Å². The van der Waals surface area contributed by atoms with Crippen LogP contribution in [0.15, 0.2) is 53.2 Å². The van der Waals surface area contributed by atoms with Gasteiger partial charge < -0.3 is 9.26 Å². The molecule has 0 bridgehead atoms. The third kappa shape index (κ3) is 2.81. The zero-order valence-corrected chi connectivity index (χ0v) is 14.1. The van der Waals surface area contributed by atoms with Gasteiger partial charge in [0.2, 0.25) is 0 Å². The first-order valence-corrected chi connectivity index (χ1v) is 8.09. The molecular formula is C19H15F2N3O2. The Hall–Kier alpha value is -3.22. The molecule has 0 saturated heterocycles. The summed E-state index contributed by atoms with van der Waals surface area (Å²) in [6.07, 6.45) is 1.57. The lowest BCUT2D eigenvalue weighted by Crippen LogP contribution is -2.06. The molecule has 0 atom stereocenters. The molecule has 0 amide bonds. The summed E-state index contributed by atoms with van der Waals surface area (Å²) in [5, 5.41) is 4.84. The van der Waals surface area contributed by atoms with Crippen LogP contribution < -0.4 is 4.74 Å². The molecule has 4 rings (SSSR count). The number of rotatable bonds is 4. The molecule has 0 fully saturated rings. The number of ether oxygens (including phenoxy) is 1. The molecule has 2 heterocycles. The molecule has 0 radical (unpaired) electrons. The van der Waals surface area contributed by atoms with Gasteiger partial charge in [0.25, 0.3) is 11.8 Å². The molecule has 0 aliphatic rings. The van der Waals surface area contributed by atoms with Crippen LogP contribution in [-0.4, -0.2) is 20.8 Å². The van der Waals surface area contributed by atoms with Crippen molar-refractivity contribution < 1.29 is 18.0 Å². The van der Waals surface area contributed by atoms with Crippen LogP contribution in [0.3, 0.4) is 0 Å². The monoisotopic (exact) mass is 355 g/mol. The molecule has 5 nitrogen and oxygen atoms in total. The summed E-state index contributed by atoms with van der Waals surface area (Å²) in [4.78, 5) is 4.15.